The van der Waals surface area contributed by atoms with Gasteiger partial charge in [0, 0.05) is 24.6 Å². The number of carbonyl (C=O) groups is 2. The van der Waals surface area contributed by atoms with E-state index in [9.17, 15) is 14.7 Å². The van der Waals surface area contributed by atoms with Crippen LogP contribution in [0.2, 0.25) is 0 Å². The second-order valence-electron chi connectivity index (χ2n) is 7.41. The van der Waals surface area contributed by atoms with Gasteiger partial charge < -0.3 is 20.1 Å². The number of nitrogens with one attached hydrogen (secondary N) is 1. The highest BCUT2D eigenvalue weighted by atomic mass is 16.5. The highest BCUT2D eigenvalue weighted by molar-refractivity contribution is 5.96. The molecule has 1 amide bonds. The lowest BCUT2D eigenvalue weighted by molar-refractivity contribution is -0.137. The van der Waals surface area contributed by atoms with Gasteiger partial charge in [-0.15, -0.1) is 0 Å². The molecule has 1 spiro atoms. The molecule has 0 aromatic heterocycles. The maximum absolute atomic E-state index is 12.8. The Morgan fingerprint density at radius 1 is 1.40 bits per heavy atom. The van der Waals surface area contributed by atoms with Crippen molar-refractivity contribution in [3.8, 4) is 0 Å². The van der Waals surface area contributed by atoms with Crippen LogP contribution >= 0.6 is 0 Å². The van der Waals surface area contributed by atoms with E-state index in [0.717, 1.165) is 30.6 Å². The Bertz CT molecular complexity index is 832. The van der Waals surface area contributed by atoms with E-state index in [1.807, 2.05) is 29.2 Å². The molecule has 2 saturated heterocycles. The number of hydrogen-bond donors (Lipinski definition) is 2. The number of hydrogen-bond acceptors (Lipinski definition) is 5. The minimum atomic E-state index is -0.519. The third-order valence-corrected chi connectivity index (χ3v) is 6.49. The van der Waals surface area contributed by atoms with Gasteiger partial charge in [-0.25, -0.2) is 4.79 Å². The van der Waals surface area contributed by atoms with Gasteiger partial charge in [0.15, 0.2) is 0 Å². The number of rotatable bonds is 1. The predicted molar refractivity (Wildman–Crippen MR) is 90.0 cm³/mol. The molecule has 0 saturated carbocycles. The van der Waals surface area contributed by atoms with Gasteiger partial charge in [0.2, 0.25) is 5.91 Å². The highest BCUT2D eigenvalue weighted by Gasteiger charge is 2.68. The summed E-state index contributed by atoms with van der Waals surface area (Å²) in [7, 11) is 1.33. The summed E-state index contributed by atoms with van der Waals surface area (Å²) < 4.78 is 4.98. The molecule has 4 atom stereocenters. The number of aliphatic hydroxyl groups excluding tert-OH is 1. The van der Waals surface area contributed by atoms with E-state index in [1.54, 1.807) is 0 Å². The maximum atomic E-state index is 12.8. The monoisotopic (exact) mass is 340 g/mol. The van der Waals surface area contributed by atoms with Crippen molar-refractivity contribution < 1.29 is 19.4 Å². The zero-order chi connectivity index (χ0) is 17.3. The molecule has 3 heterocycles. The molecule has 5 rings (SSSR count). The van der Waals surface area contributed by atoms with Crippen molar-refractivity contribution in [2.24, 2.45) is 5.92 Å². The Balaban J connectivity index is 1.80. The molecular formula is C19H20N2O4. The van der Waals surface area contributed by atoms with E-state index in [0.29, 0.717) is 6.42 Å². The van der Waals surface area contributed by atoms with Crippen molar-refractivity contribution in [3.63, 3.8) is 0 Å². The van der Waals surface area contributed by atoms with Crippen LogP contribution in [0.25, 0.3) is 0 Å². The molecule has 130 valence electrons. The van der Waals surface area contributed by atoms with E-state index in [4.69, 9.17) is 4.74 Å². The molecule has 0 radical (unpaired) electrons. The molecule has 3 aliphatic heterocycles. The summed E-state index contributed by atoms with van der Waals surface area (Å²) in [6.07, 6.45) is 1.97. The van der Waals surface area contributed by atoms with Crippen LogP contribution in [0.5, 0.6) is 0 Å². The number of amides is 1. The Morgan fingerprint density at radius 3 is 3.00 bits per heavy atom. The van der Waals surface area contributed by atoms with Gasteiger partial charge >= 0.3 is 5.97 Å². The van der Waals surface area contributed by atoms with Crippen LogP contribution in [-0.2, 0) is 19.7 Å². The van der Waals surface area contributed by atoms with Crippen molar-refractivity contribution in [1.29, 1.82) is 0 Å². The fourth-order valence-electron chi connectivity index (χ4n) is 5.65. The normalized spacial score (nSPS) is 35.0. The van der Waals surface area contributed by atoms with Crippen LogP contribution in [0.3, 0.4) is 0 Å². The molecule has 0 bridgehead atoms. The first-order chi connectivity index (χ1) is 12.1. The molecule has 1 aromatic rings. The number of anilines is 1. The summed E-state index contributed by atoms with van der Waals surface area (Å²) >= 11 is 0. The first-order valence-electron chi connectivity index (χ1n) is 8.76. The first kappa shape index (κ1) is 14.8. The van der Waals surface area contributed by atoms with Crippen molar-refractivity contribution in [3.05, 3.63) is 41.2 Å². The Kier molecular flexibility index (Phi) is 2.83. The van der Waals surface area contributed by atoms with Gasteiger partial charge in [-0.2, -0.15) is 0 Å². The fourth-order valence-corrected chi connectivity index (χ4v) is 5.65. The average molecular weight is 340 g/mol. The van der Waals surface area contributed by atoms with Crippen LogP contribution in [0, 0.1) is 5.92 Å². The number of esters is 1. The maximum Gasteiger partial charge on any atom is 0.339 e. The molecule has 1 aromatic carbocycles. The predicted octanol–water partition coefficient (Wildman–Crippen LogP) is 1.73. The highest BCUT2D eigenvalue weighted by Crippen LogP contribution is 2.60. The van der Waals surface area contributed by atoms with Gasteiger partial charge in [-0.05, 0) is 24.5 Å². The van der Waals surface area contributed by atoms with E-state index < -0.39 is 17.4 Å². The van der Waals surface area contributed by atoms with Gasteiger partial charge in [-0.3, -0.25) is 4.79 Å². The average Bonchev–Trinajstić information content (AvgIpc) is 3.12. The number of para-hydroxylation sites is 1. The molecule has 1 aliphatic carbocycles. The van der Waals surface area contributed by atoms with E-state index in [-0.39, 0.29) is 29.2 Å². The number of fused-ring (bicyclic) bond motifs is 1. The van der Waals surface area contributed by atoms with Crippen LogP contribution in [0.15, 0.2) is 35.6 Å². The standard InChI is InChI=1S/C19H20N2O4/c1-25-18(24)14-15(23)10-5-4-8-21-13(22)9-19(17(10)21)11-6-2-3-7-12(11)20-16(14)19/h2-3,6-7,10,16-17,20,23H,4-5,8-9H2,1H3/t10-,16+,17+,19+/m0/s1. The molecule has 4 aliphatic rings. The summed E-state index contributed by atoms with van der Waals surface area (Å²) in [5.41, 5.74) is 1.77. The van der Waals surface area contributed by atoms with Crippen molar-refractivity contribution >= 4 is 17.6 Å². The Hall–Kier alpha value is -2.50. The molecule has 0 unspecified atom stereocenters. The van der Waals surface area contributed by atoms with Crippen molar-refractivity contribution in [1.82, 2.24) is 4.90 Å². The summed E-state index contributed by atoms with van der Waals surface area (Å²) in [5.74, 6) is -0.523. The summed E-state index contributed by atoms with van der Waals surface area (Å²) in [6, 6.07) is 7.38. The Labute approximate surface area is 145 Å². The number of carbonyl (C=O) groups excluding carboxylic acids is 2. The van der Waals surface area contributed by atoms with Gasteiger partial charge in [0.25, 0.3) is 0 Å². The summed E-state index contributed by atoms with van der Waals surface area (Å²) in [5, 5.41) is 14.3. The third kappa shape index (κ3) is 1.60. The molecule has 2 fully saturated rings. The number of ether oxygens (including phenoxy) is 1. The topological polar surface area (TPSA) is 78.9 Å². The van der Waals surface area contributed by atoms with E-state index >= 15 is 0 Å². The number of methoxy groups -OCH3 is 1. The lowest BCUT2D eigenvalue weighted by Gasteiger charge is -2.49. The number of aliphatic hydroxyl groups is 1. The molecule has 6 heteroatoms. The van der Waals surface area contributed by atoms with Crippen LogP contribution in [-0.4, -0.2) is 47.6 Å². The van der Waals surface area contributed by atoms with Crippen LogP contribution in [0.4, 0.5) is 5.69 Å². The number of piperidine rings is 1. The van der Waals surface area contributed by atoms with Gasteiger partial charge in [-0.1, -0.05) is 18.2 Å². The fraction of sp³-hybridized carbons (Fsp3) is 0.474. The quantitative estimate of drug-likeness (QED) is 0.761. The second kappa shape index (κ2) is 4.77. The van der Waals surface area contributed by atoms with E-state index in [2.05, 4.69) is 5.32 Å². The first-order valence-corrected chi connectivity index (χ1v) is 8.76. The smallest absolute Gasteiger partial charge is 0.339 e. The van der Waals surface area contributed by atoms with Gasteiger partial charge in [0.05, 0.1) is 30.2 Å². The zero-order valence-electron chi connectivity index (χ0n) is 14.0. The lowest BCUT2D eigenvalue weighted by Crippen LogP contribution is -2.60. The summed E-state index contributed by atoms with van der Waals surface area (Å²) in [4.78, 5) is 27.3. The Morgan fingerprint density at radius 2 is 2.20 bits per heavy atom. The van der Waals surface area contributed by atoms with Crippen molar-refractivity contribution in [2.45, 2.75) is 36.8 Å². The molecule has 2 N–H and O–H groups in total. The van der Waals surface area contributed by atoms with Crippen molar-refractivity contribution in [2.75, 3.05) is 19.0 Å². The van der Waals surface area contributed by atoms with Gasteiger partial charge in [0.1, 0.15) is 5.76 Å². The van der Waals surface area contributed by atoms with E-state index in [1.165, 1.54) is 7.11 Å². The van der Waals surface area contributed by atoms with Crippen LogP contribution in [0.1, 0.15) is 24.8 Å². The molecule has 25 heavy (non-hydrogen) atoms. The van der Waals surface area contributed by atoms with Crippen LogP contribution < -0.4 is 5.32 Å². The lowest BCUT2D eigenvalue weighted by atomic mass is 9.59. The SMILES string of the molecule is COC(=O)C1=C(O)[C@@H]2CCCN3C(=O)C[C@]4(c5ccccc5N[C@H]14)[C@@H]23. The number of benzene rings is 1. The zero-order valence-corrected chi connectivity index (χ0v) is 14.0. The second-order valence-corrected chi connectivity index (χ2v) is 7.41. The number of nitrogens with zero attached hydrogens (tertiary/aromatic N) is 1. The molecule has 6 nitrogen and oxygen atoms in total. The third-order valence-electron chi connectivity index (χ3n) is 6.49. The summed E-state index contributed by atoms with van der Waals surface area (Å²) in [6.45, 7) is 0.720. The largest absolute Gasteiger partial charge is 0.511 e. The minimum Gasteiger partial charge on any atom is -0.511 e. The molecular weight excluding hydrogens is 320 g/mol. The minimum absolute atomic E-state index is 0.0946.